The van der Waals surface area contributed by atoms with E-state index in [-0.39, 0.29) is 18.3 Å². The van der Waals surface area contributed by atoms with Crippen LogP contribution in [0.4, 0.5) is 0 Å². The summed E-state index contributed by atoms with van der Waals surface area (Å²) < 4.78 is 11.7. The Morgan fingerprint density at radius 3 is 2.43 bits per heavy atom. The Kier molecular flexibility index (Phi) is 4.77. The highest BCUT2D eigenvalue weighted by Gasteiger charge is 2.19. The van der Waals surface area contributed by atoms with E-state index in [4.69, 9.17) is 9.15 Å². The number of nitrogens with zero attached hydrogens (tertiary/aromatic N) is 2. The van der Waals surface area contributed by atoms with Gasteiger partial charge in [-0.05, 0) is 38.5 Å². The Bertz CT molecular complexity index is 615. The Morgan fingerprint density at radius 2 is 1.81 bits per heavy atom. The van der Waals surface area contributed by atoms with Gasteiger partial charge >= 0.3 is 5.97 Å². The average Bonchev–Trinajstić information content (AvgIpc) is 2.77. The third-order valence-electron chi connectivity index (χ3n) is 2.49. The minimum absolute atomic E-state index is 0.00932. The van der Waals surface area contributed by atoms with Gasteiger partial charge in [-0.15, -0.1) is 10.2 Å². The zero-order valence-corrected chi connectivity index (χ0v) is 13.8. The van der Waals surface area contributed by atoms with E-state index in [9.17, 15) is 4.79 Å². The number of benzene rings is 1. The minimum Gasteiger partial charge on any atom is -0.460 e. The maximum Gasteiger partial charge on any atom is 0.315 e. The van der Waals surface area contributed by atoms with Gasteiger partial charge in [0.1, 0.15) is 12.0 Å². The van der Waals surface area contributed by atoms with Gasteiger partial charge in [-0.2, -0.15) is 0 Å². The number of aromatic nitrogens is 2. The largest absolute Gasteiger partial charge is 0.460 e. The van der Waals surface area contributed by atoms with Gasteiger partial charge < -0.3 is 9.15 Å². The summed E-state index contributed by atoms with van der Waals surface area (Å²) in [4.78, 5) is 11.7. The summed E-state index contributed by atoms with van der Waals surface area (Å²) in [7, 11) is 0. The van der Waals surface area contributed by atoms with E-state index >= 15 is 0 Å². The summed E-state index contributed by atoms with van der Waals surface area (Å²) >= 11 is 3.38. The van der Waals surface area contributed by atoms with Gasteiger partial charge in [0.2, 0.25) is 11.8 Å². The molecule has 2 rings (SSSR count). The molecule has 1 aromatic heterocycles. The topological polar surface area (TPSA) is 65.2 Å². The first-order valence-corrected chi connectivity index (χ1v) is 7.39. The molecular formula is C15H17BrN2O3. The predicted molar refractivity (Wildman–Crippen MR) is 80.8 cm³/mol. The fourth-order valence-corrected chi connectivity index (χ4v) is 1.97. The lowest BCUT2D eigenvalue weighted by Gasteiger charge is -2.18. The Morgan fingerprint density at radius 1 is 1.19 bits per heavy atom. The van der Waals surface area contributed by atoms with Crippen molar-refractivity contribution < 1.29 is 13.9 Å². The molecule has 112 valence electrons. The van der Waals surface area contributed by atoms with Crippen molar-refractivity contribution in [3.05, 3.63) is 46.1 Å². The molecular weight excluding hydrogens is 336 g/mol. The van der Waals surface area contributed by atoms with Crippen molar-refractivity contribution in [2.45, 2.75) is 39.2 Å². The van der Waals surface area contributed by atoms with Gasteiger partial charge in [0.15, 0.2) is 0 Å². The van der Waals surface area contributed by atoms with E-state index < -0.39 is 5.60 Å². The number of carbonyl (C=O) groups is 1. The lowest BCUT2D eigenvalue weighted by molar-refractivity contribution is -0.154. The lowest BCUT2D eigenvalue weighted by atomic mass is 10.1. The number of rotatable bonds is 4. The predicted octanol–water partition coefficient (Wildman–Crippen LogP) is 3.31. The molecule has 0 radical (unpaired) electrons. The monoisotopic (exact) mass is 352 g/mol. The number of esters is 1. The van der Waals surface area contributed by atoms with Crippen molar-refractivity contribution in [3.8, 4) is 0 Å². The van der Waals surface area contributed by atoms with Crippen LogP contribution in [0.1, 0.15) is 38.1 Å². The molecule has 2 aromatic rings. The quantitative estimate of drug-likeness (QED) is 0.789. The van der Waals surface area contributed by atoms with Gasteiger partial charge in [0.25, 0.3) is 0 Å². The van der Waals surface area contributed by atoms with Crippen molar-refractivity contribution in [3.63, 3.8) is 0 Å². The normalized spacial score (nSPS) is 11.4. The maximum absolute atomic E-state index is 11.7. The Balaban J connectivity index is 1.95. The molecule has 21 heavy (non-hydrogen) atoms. The second-order valence-corrected chi connectivity index (χ2v) is 6.57. The molecule has 0 unspecified atom stereocenters. The number of carbonyl (C=O) groups excluding carboxylic acids is 1. The van der Waals surface area contributed by atoms with E-state index in [2.05, 4.69) is 26.1 Å². The lowest BCUT2D eigenvalue weighted by Crippen LogP contribution is -2.24. The van der Waals surface area contributed by atoms with Crippen LogP contribution in [0, 0.1) is 0 Å². The molecule has 0 aliphatic rings. The number of ether oxygens (including phenoxy) is 1. The van der Waals surface area contributed by atoms with Crippen molar-refractivity contribution >= 4 is 21.9 Å². The third kappa shape index (κ3) is 5.30. The fourth-order valence-electron chi connectivity index (χ4n) is 1.71. The van der Waals surface area contributed by atoms with E-state index in [0.29, 0.717) is 12.3 Å². The van der Waals surface area contributed by atoms with Crippen LogP contribution >= 0.6 is 15.9 Å². The van der Waals surface area contributed by atoms with Crippen LogP contribution in [-0.4, -0.2) is 21.8 Å². The van der Waals surface area contributed by atoms with Crippen molar-refractivity contribution in [1.82, 2.24) is 10.2 Å². The molecule has 0 fully saturated rings. The first kappa shape index (κ1) is 15.7. The second-order valence-electron chi connectivity index (χ2n) is 5.66. The minimum atomic E-state index is -0.517. The van der Waals surface area contributed by atoms with Crippen LogP contribution in [0.2, 0.25) is 0 Å². The molecule has 0 spiro atoms. The van der Waals surface area contributed by atoms with Gasteiger partial charge in [-0.3, -0.25) is 4.79 Å². The molecule has 0 saturated heterocycles. The number of hydrogen-bond acceptors (Lipinski definition) is 5. The van der Waals surface area contributed by atoms with E-state index in [1.807, 2.05) is 45.0 Å². The fraction of sp³-hybridized carbons (Fsp3) is 0.400. The van der Waals surface area contributed by atoms with Gasteiger partial charge in [0.05, 0.1) is 6.42 Å². The number of halogens is 1. The van der Waals surface area contributed by atoms with E-state index in [1.54, 1.807) is 0 Å². The first-order chi connectivity index (χ1) is 9.82. The van der Waals surface area contributed by atoms with E-state index in [1.165, 1.54) is 0 Å². The first-order valence-electron chi connectivity index (χ1n) is 6.59. The highest BCUT2D eigenvalue weighted by molar-refractivity contribution is 9.10. The van der Waals surface area contributed by atoms with Gasteiger partial charge in [-0.25, -0.2) is 0 Å². The van der Waals surface area contributed by atoms with Crippen molar-refractivity contribution in [1.29, 1.82) is 0 Å². The molecule has 0 atom stereocenters. The van der Waals surface area contributed by atoms with Gasteiger partial charge in [-0.1, -0.05) is 28.1 Å². The highest BCUT2D eigenvalue weighted by Crippen LogP contribution is 2.14. The smallest absolute Gasteiger partial charge is 0.315 e. The molecule has 1 aromatic carbocycles. The molecule has 0 saturated carbocycles. The zero-order valence-electron chi connectivity index (χ0n) is 12.2. The van der Waals surface area contributed by atoms with Crippen LogP contribution in [0.3, 0.4) is 0 Å². The summed E-state index contributed by atoms with van der Waals surface area (Å²) in [6.07, 6.45) is 0.527. The molecule has 0 N–H and O–H groups in total. The molecule has 0 aliphatic heterocycles. The Labute approximate surface area is 131 Å². The van der Waals surface area contributed by atoms with E-state index in [0.717, 1.165) is 10.0 Å². The van der Waals surface area contributed by atoms with Crippen molar-refractivity contribution in [2.75, 3.05) is 0 Å². The van der Waals surface area contributed by atoms with Gasteiger partial charge in [0, 0.05) is 4.47 Å². The van der Waals surface area contributed by atoms with Crippen LogP contribution in [-0.2, 0) is 22.4 Å². The van der Waals surface area contributed by atoms with Crippen LogP contribution in [0.15, 0.2) is 33.2 Å². The summed E-state index contributed by atoms with van der Waals surface area (Å²) in [5, 5.41) is 7.82. The second kappa shape index (κ2) is 6.39. The summed E-state index contributed by atoms with van der Waals surface area (Å²) in [6.45, 7) is 5.45. The summed E-state index contributed by atoms with van der Waals surface area (Å²) in [5.41, 5.74) is 0.544. The van der Waals surface area contributed by atoms with Crippen molar-refractivity contribution in [2.24, 2.45) is 0 Å². The third-order valence-corrected chi connectivity index (χ3v) is 3.02. The standard InChI is InChI=1S/C15H17BrN2O3/c1-15(2,3)21-14(19)9-13-18-17-12(20-13)8-10-4-6-11(16)7-5-10/h4-7H,8-9H2,1-3H3. The summed E-state index contributed by atoms with van der Waals surface area (Å²) in [6, 6.07) is 7.85. The van der Waals surface area contributed by atoms with Crippen LogP contribution in [0.5, 0.6) is 0 Å². The molecule has 0 aliphatic carbocycles. The maximum atomic E-state index is 11.7. The number of hydrogen-bond donors (Lipinski definition) is 0. The van der Waals surface area contributed by atoms with Crippen LogP contribution < -0.4 is 0 Å². The molecule has 6 heteroatoms. The van der Waals surface area contributed by atoms with Crippen LogP contribution in [0.25, 0.3) is 0 Å². The highest BCUT2D eigenvalue weighted by atomic mass is 79.9. The summed E-state index contributed by atoms with van der Waals surface area (Å²) in [5.74, 6) is 0.383. The molecule has 0 bridgehead atoms. The molecule has 5 nitrogen and oxygen atoms in total. The Hall–Kier alpha value is -1.69. The molecule has 0 amide bonds. The molecule has 1 heterocycles. The SMILES string of the molecule is CC(C)(C)OC(=O)Cc1nnc(Cc2ccc(Br)cc2)o1. The average molecular weight is 353 g/mol. The zero-order chi connectivity index (χ0) is 15.5.